The number of amides is 1. The standard InChI is InChI=1S/C17H21N7O/c25-16(14-12-21-15(13-20-14)22-6-1-2-7-22)23-8-10-24(11-9-23)17-18-4-3-5-19-17/h3-5,12-13H,1-2,6-11H2. The van der Waals surface area contributed by atoms with Gasteiger partial charge in [-0.2, -0.15) is 0 Å². The summed E-state index contributed by atoms with van der Waals surface area (Å²) in [6, 6.07) is 1.80. The van der Waals surface area contributed by atoms with Crippen molar-refractivity contribution in [3.63, 3.8) is 0 Å². The van der Waals surface area contributed by atoms with Gasteiger partial charge < -0.3 is 14.7 Å². The molecule has 130 valence electrons. The molecular weight excluding hydrogens is 318 g/mol. The van der Waals surface area contributed by atoms with E-state index in [1.54, 1.807) is 30.9 Å². The summed E-state index contributed by atoms with van der Waals surface area (Å²) in [4.78, 5) is 36.0. The Morgan fingerprint density at radius 2 is 1.52 bits per heavy atom. The normalized spacial score (nSPS) is 17.8. The van der Waals surface area contributed by atoms with Crippen LogP contribution in [-0.2, 0) is 0 Å². The van der Waals surface area contributed by atoms with Crippen molar-refractivity contribution in [1.29, 1.82) is 0 Å². The molecule has 1 amide bonds. The summed E-state index contributed by atoms with van der Waals surface area (Å²) in [6.45, 7) is 4.74. The summed E-state index contributed by atoms with van der Waals surface area (Å²) in [5.74, 6) is 1.51. The number of hydrogen-bond donors (Lipinski definition) is 0. The average molecular weight is 339 g/mol. The number of rotatable bonds is 3. The van der Waals surface area contributed by atoms with E-state index >= 15 is 0 Å². The lowest BCUT2D eigenvalue weighted by atomic mass is 10.3. The molecule has 8 heteroatoms. The van der Waals surface area contributed by atoms with E-state index in [1.165, 1.54) is 12.8 Å². The number of carbonyl (C=O) groups is 1. The topological polar surface area (TPSA) is 78.4 Å². The first-order valence-electron chi connectivity index (χ1n) is 8.69. The molecule has 0 atom stereocenters. The van der Waals surface area contributed by atoms with Crippen LogP contribution in [-0.4, -0.2) is 70.0 Å². The Bertz CT molecular complexity index is 708. The summed E-state index contributed by atoms with van der Waals surface area (Å²) < 4.78 is 0. The molecule has 4 heterocycles. The Hall–Kier alpha value is -2.77. The van der Waals surface area contributed by atoms with Crippen molar-refractivity contribution >= 4 is 17.7 Å². The van der Waals surface area contributed by atoms with Gasteiger partial charge in [-0.05, 0) is 18.9 Å². The summed E-state index contributed by atoms with van der Waals surface area (Å²) in [6.07, 6.45) is 9.17. The SMILES string of the molecule is O=C(c1cnc(N2CCCC2)cn1)N1CCN(c2ncccn2)CC1. The molecule has 0 radical (unpaired) electrons. The molecular formula is C17H21N7O. The second-order valence-corrected chi connectivity index (χ2v) is 6.28. The van der Waals surface area contributed by atoms with Gasteiger partial charge in [-0.15, -0.1) is 0 Å². The highest BCUT2D eigenvalue weighted by molar-refractivity contribution is 5.92. The quantitative estimate of drug-likeness (QED) is 0.819. The van der Waals surface area contributed by atoms with Gasteiger partial charge in [0.1, 0.15) is 11.5 Å². The fraction of sp³-hybridized carbons (Fsp3) is 0.471. The van der Waals surface area contributed by atoms with E-state index in [2.05, 4.69) is 29.7 Å². The van der Waals surface area contributed by atoms with E-state index < -0.39 is 0 Å². The van der Waals surface area contributed by atoms with E-state index in [0.29, 0.717) is 24.7 Å². The maximum Gasteiger partial charge on any atom is 0.274 e. The molecule has 0 aliphatic carbocycles. The van der Waals surface area contributed by atoms with Crippen molar-refractivity contribution in [2.24, 2.45) is 0 Å². The van der Waals surface area contributed by atoms with Crippen molar-refractivity contribution in [1.82, 2.24) is 24.8 Å². The number of aromatic nitrogens is 4. The summed E-state index contributed by atoms with van der Waals surface area (Å²) >= 11 is 0. The van der Waals surface area contributed by atoms with Gasteiger partial charge in [0.25, 0.3) is 5.91 Å². The molecule has 0 unspecified atom stereocenters. The van der Waals surface area contributed by atoms with Crippen LogP contribution in [0.4, 0.5) is 11.8 Å². The number of nitrogens with zero attached hydrogens (tertiary/aromatic N) is 7. The predicted octanol–water partition coefficient (Wildman–Crippen LogP) is 0.829. The van der Waals surface area contributed by atoms with E-state index in [9.17, 15) is 4.79 Å². The highest BCUT2D eigenvalue weighted by atomic mass is 16.2. The highest BCUT2D eigenvalue weighted by Gasteiger charge is 2.24. The zero-order valence-electron chi connectivity index (χ0n) is 14.1. The smallest absolute Gasteiger partial charge is 0.274 e. The molecule has 0 aromatic carbocycles. The first-order chi connectivity index (χ1) is 12.3. The molecule has 2 fully saturated rings. The van der Waals surface area contributed by atoms with Crippen molar-refractivity contribution in [2.75, 3.05) is 49.1 Å². The third-order valence-corrected chi connectivity index (χ3v) is 4.69. The van der Waals surface area contributed by atoms with Crippen LogP contribution in [0.1, 0.15) is 23.3 Å². The number of anilines is 2. The maximum absolute atomic E-state index is 12.6. The van der Waals surface area contributed by atoms with Gasteiger partial charge >= 0.3 is 0 Å². The second-order valence-electron chi connectivity index (χ2n) is 6.28. The van der Waals surface area contributed by atoms with Gasteiger partial charge in [-0.3, -0.25) is 4.79 Å². The van der Waals surface area contributed by atoms with E-state index in [1.807, 2.05) is 4.90 Å². The lowest BCUT2D eigenvalue weighted by Gasteiger charge is -2.34. The molecule has 0 spiro atoms. The molecule has 0 bridgehead atoms. The fourth-order valence-corrected chi connectivity index (χ4v) is 3.27. The molecule has 2 aliphatic heterocycles. The number of carbonyl (C=O) groups excluding carboxylic acids is 1. The zero-order chi connectivity index (χ0) is 17.1. The molecule has 2 aromatic heterocycles. The Morgan fingerprint density at radius 1 is 0.800 bits per heavy atom. The molecule has 25 heavy (non-hydrogen) atoms. The zero-order valence-corrected chi connectivity index (χ0v) is 14.1. The van der Waals surface area contributed by atoms with E-state index in [-0.39, 0.29) is 5.91 Å². The molecule has 0 N–H and O–H groups in total. The van der Waals surface area contributed by atoms with E-state index in [4.69, 9.17) is 0 Å². The molecule has 0 saturated carbocycles. The minimum atomic E-state index is -0.0610. The van der Waals surface area contributed by atoms with Crippen molar-refractivity contribution < 1.29 is 4.79 Å². The largest absolute Gasteiger partial charge is 0.355 e. The summed E-state index contributed by atoms with van der Waals surface area (Å²) in [5, 5.41) is 0. The molecule has 8 nitrogen and oxygen atoms in total. The Morgan fingerprint density at radius 3 is 2.16 bits per heavy atom. The molecule has 2 aromatic rings. The van der Waals surface area contributed by atoms with E-state index in [0.717, 1.165) is 32.0 Å². The summed E-state index contributed by atoms with van der Waals surface area (Å²) in [7, 11) is 0. The first kappa shape index (κ1) is 15.7. The van der Waals surface area contributed by atoms with Gasteiger partial charge in [0, 0.05) is 51.7 Å². The monoisotopic (exact) mass is 339 g/mol. The molecule has 4 rings (SSSR count). The van der Waals surface area contributed by atoms with Gasteiger partial charge in [0.05, 0.1) is 12.4 Å². The van der Waals surface area contributed by atoms with Crippen LogP contribution in [0.25, 0.3) is 0 Å². The van der Waals surface area contributed by atoms with Crippen molar-refractivity contribution in [3.05, 3.63) is 36.5 Å². The van der Waals surface area contributed by atoms with Crippen molar-refractivity contribution in [2.45, 2.75) is 12.8 Å². The molecule has 2 saturated heterocycles. The van der Waals surface area contributed by atoms with Crippen LogP contribution in [0.5, 0.6) is 0 Å². The maximum atomic E-state index is 12.6. The first-order valence-corrected chi connectivity index (χ1v) is 8.69. The average Bonchev–Trinajstić information content (AvgIpc) is 3.23. The van der Waals surface area contributed by atoms with Gasteiger partial charge in [-0.25, -0.2) is 19.9 Å². The van der Waals surface area contributed by atoms with Gasteiger partial charge in [0.2, 0.25) is 5.95 Å². The Balaban J connectivity index is 1.37. The third kappa shape index (κ3) is 3.38. The Labute approximate surface area is 146 Å². The van der Waals surface area contributed by atoms with Crippen LogP contribution in [0, 0.1) is 0 Å². The number of hydrogen-bond acceptors (Lipinski definition) is 7. The lowest BCUT2D eigenvalue weighted by Crippen LogP contribution is -2.49. The Kier molecular flexibility index (Phi) is 4.41. The van der Waals surface area contributed by atoms with Crippen LogP contribution < -0.4 is 9.80 Å². The fourth-order valence-electron chi connectivity index (χ4n) is 3.27. The highest BCUT2D eigenvalue weighted by Crippen LogP contribution is 2.17. The third-order valence-electron chi connectivity index (χ3n) is 4.69. The van der Waals surface area contributed by atoms with Gasteiger partial charge in [-0.1, -0.05) is 0 Å². The lowest BCUT2D eigenvalue weighted by molar-refractivity contribution is 0.0740. The number of piperazine rings is 1. The minimum absolute atomic E-state index is 0.0610. The van der Waals surface area contributed by atoms with Crippen LogP contribution in [0.2, 0.25) is 0 Å². The van der Waals surface area contributed by atoms with Crippen molar-refractivity contribution in [3.8, 4) is 0 Å². The summed E-state index contributed by atoms with van der Waals surface area (Å²) in [5.41, 5.74) is 0.410. The van der Waals surface area contributed by atoms with Gasteiger partial charge in [0.15, 0.2) is 0 Å². The predicted molar refractivity (Wildman–Crippen MR) is 93.6 cm³/mol. The minimum Gasteiger partial charge on any atom is -0.355 e. The van der Waals surface area contributed by atoms with Crippen LogP contribution in [0.15, 0.2) is 30.9 Å². The molecule has 2 aliphatic rings. The van der Waals surface area contributed by atoms with Crippen LogP contribution >= 0.6 is 0 Å². The second kappa shape index (κ2) is 7.00. The van der Waals surface area contributed by atoms with Crippen LogP contribution in [0.3, 0.4) is 0 Å².